The number of hydrogen-bond donors (Lipinski definition) is 1. The van der Waals surface area contributed by atoms with Crippen LogP contribution in [0.1, 0.15) is 25.7 Å². The number of aliphatic hydroxyl groups excluding tert-OH is 1. The molecule has 5 unspecified atom stereocenters. The molecule has 4 saturated carbocycles. The summed E-state index contributed by atoms with van der Waals surface area (Å²) in [5.74, 6) is 3.38. The van der Waals surface area contributed by atoms with E-state index in [4.69, 9.17) is 0 Å². The van der Waals surface area contributed by atoms with Crippen LogP contribution in [0.5, 0.6) is 0 Å². The van der Waals surface area contributed by atoms with E-state index in [1.54, 1.807) is 0 Å². The first-order valence-corrected chi connectivity index (χ1v) is 4.52. The van der Waals surface area contributed by atoms with Crippen molar-refractivity contribution in [3.8, 4) is 0 Å². The van der Waals surface area contributed by atoms with E-state index >= 15 is 0 Å². The maximum Gasteiger partial charge on any atom is 0.0599 e. The average molecular weight is 138 g/mol. The Labute approximate surface area is 61.4 Å². The van der Waals surface area contributed by atoms with Gasteiger partial charge in [0.2, 0.25) is 0 Å². The van der Waals surface area contributed by atoms with Crippen molar-refractivity contribution < 1.29 is 5.11 Å². The highest BCUT2D eigenvalue weighted by atomic mass is 16.3. The minimum absolute atomic E-state index is 0.101. The normalized spacial score (nSPS) is 63.9. The van der Waals surface area contributed by atoms with Crippen molar-refractivity contribution in [1.29, 1.82) is 0 Å². The number of aliphatic hydroxyl groups is 1. The first-order valence-electron chi connectivity index (χ1n) is 4.52. The van der Waals surface area contributed by atoms with Gasteiger partial charge in [-0.1, -0.05) is 0 Å². The van der Waals surface area contributed by atoms with Gasteiger partial charge in [-0.3, -0.25) is 0 Å². The van der Waals surface area contributed by atoms with Crippen LogP contribution in [0, 0.1) is 23.7 Å². The fourth-order valence-corrected chi connectivity index (χ4v) is 3.70. The second kappa shape index (κ2) is 1.58. The Morgan fingerprint density at radius 3 is 2.40 bits per heavy atom. The highest BCUT2D eigenvalue weighted by molar-refractivity contribution is 5.03. The lowest BCUT2D eigenvalue weighted by Gasteiger charge is -2.28. The maximum absolute atomic E-state index is 9.71. The standard InChI is InChI=1S/C9H14O/c10-9-7-2-5-1-6(4-7)8(9)3-5/h5-10H,1-4H2. The molecule has 4 aliphatic rings. The molecule has 0 amide bonds. The molecule has 0 aliphatic heterocycles. The molecule has 1 nitrogen and oxygen atoms in total. The third-order valence-electron chi connectivity index (χ3n) is 4.01. The number of hydrogen-bond acceptors (Lipinski definition) is 1. The summed E-state index contributed by atoms with van der Waals surface area (Å²) < 4.78 is 0. The third-order valence-corrected chi connectivity index (χ3v) is 4.01. The molecule has 0 heterocycles. The summed E-state index contributed by atoms with van der Waals surface area (Å²) in [6, 6.07) is 0. The quantitative estimate of drug-likeness (QED) is 0.536. The minimum Gasteiger partial charge on any atom is -0.393 e. The summed E-state index contributed by atoms with van der Waals surface area (Å²) in [6.07, 6.45) is 5.58. The molecule has 0 aromatic heterocycles. The molecular formula is C9H14O. The van der Waals surface area contributed by atoms with E-state index in [9.17, 15) is 5.11 Å². The van der Waals surface area contributed by atoms with Gasteiger partial charge in [0.1, 0.15) is 0 Å². The first kappa shape index (κ1) is 5.59. The Bertz CT molecular complexity index is 160. The fraction of sp³-hybridized carbons (Fsp3) is 1.00. The molecule has 4 rings (SSSR count). The van der Waals surface area contributed by atoms with Crippen molar-refractivity contribution in [3.63, 3.8) is 0 Å². The molecule has 0 aromatic rings. The van der Waals surface area contributed by atoms with Gasteiger partial charge in [-0.25, -0.2) is 0 Å². The van der Waals surface area contributed by atoms with Gasteiger partial charge < -0.3 is 5.11 Å². The second-order valence-electron chi connectivity index (χ2n) is 4.48. The van der Waals surface area contributed by atoms with Crippen molar-refractivity contribution in [1.82, 2.24) is 0 Å². The summed E-state index contributed by atoms with van der Waals surface area (Å²) >= 11 is 0. The molecule has 0 spiro atoms. The summed E-state index contributed by atoms with van der Waals surface area (Å²) in [4.78, 5) is 0. The predicted molar refractivity (Wildman–Crippen MR) is 38.4 cm³/mol. The molecule has 1 heteroatoms. The van der Waals surface area contributed by atoms with Crippen molar-refractivity contribution in [3.05, 3.63) is 0 Å². The lowest BCUT2D eigenvalue weighted by Crippen LogP contribution is -2.27. The molecule has 0 saturated heterocycles. The van der Waals surface area contributed by atoms with Crippen LogP contribution in [0.25, 0.3) is 0 Å². The van der Waals surface area contributed by atoms with Crippen LogP contribution in [0.15, 0.2) is 0 Å². The molecular weight excluding hydrogens is 124 g/mol. The first-order chi connectivity index (χ1) is 4.84. The van der Waals surface area contributed by atoms with Gasteiger partial charge in [-0.2, -0.15) is 0 Å². The van der Waals surface area contributed by atoms with E-state index in [0.29, 0.717) is 5.92 Å². The average Bonchev–Trinajstić information content (AvgIpc) is 2.31. The monoisotopic (exact) mass is 138 g/mol. The third kappa shape index (κ3) is 0.493. The Morgan fingerprint density at radius 1 is 0.900 bits per heavy atom. The molecule has 0 radical (unpaired) electrons. The zero-order chi connectivity index (χ0) is 6.72. The van der Waals surface area contributed by atoms with Crippen LogP contribution in [0.4, 0.5) is 0 Å². The minimum atomic E-state index is 0.101. The van der Waals surface area contributed by atoms with Crippen LogP contribution < -0.4 is 0 Å². The summed E-state index contributed by atoms with van der Waals surface area (Å²) in [5, 5.41) is 9.71. The largest absolute Gasteiger partial charge is 0.393 e. The van der Waals surface area contributed by atoms with Crippen LogP contribution in [0.3, 0.4) is 0 Å². The van der Waals surface area contributed by atoms with Crippen LogP contribution in [-0.4, -0.2) is 11.2 Å². The van der Waals surface area contributed by atoms with Gasteiger partial charge in [0.05, 0.1) is 6.10 Å². The summed E-state index contributed by atoms with van der Waals surface area (Å²) in [7, 11) is 0. The zero-order valence-electron chi connectivity index (χ0n) is 6.16. The fourth-order valence-electron chi connectivity index (χ4n) is 3.70. The van der Waals surface area contributed by atoms with E-state index in [0.717, 1.165) is 17.8 Å². The van der Waals surface area contributed by atoms with Gasteiger partial charge in [-0.05, 0) is 49.4 Å². The second-order valence-corrected chi connectivity index (χ2v) is 4.48. The Morgan fingerprint density at radius 2 is 1.70 bits per heavy atom. The van der Waals surface area contributed by atoms with Gasteiger partial charge in [0.15, 0.2) is 0 Å². The molecule has 1 N–H and O–H groups in total. The van der Waals surface area contributed by atoms with Crippen LogP contribution >= 0.6 is 0 Å². The molecule has 5 atom stereocenters. The lowest BCUT2D eigenvalue weighted by molar-refractivity contribution is 0.0530. The van der Waals surface area contributed by atoms with Gasteiger partial charge in [0, 0.05) is 0 Å². The summed E-state index contributed by atoms with van der Waals surface area (Å²) in [6.45, 7) is 0. The summed E-state index contributed by atoms with van der Waals surface area (Å²) in [5.41, 5.74) is 0. The van der Waals surface area contributed by atoms with E-state index in [1.165, 1.54) is 25.7 Å². The maximum atomic E-state index is 9.71. The molecule has 10 heavy (non-hydrogen) atoms. The van der Waals surface area contributed by atoms with Crippen LogP contribution in [0.2, 0.25) is 0 Å². The number of rotatable bonds is 0. The molecule has 56 valence electrons. The Balaban J connectivity index is 1.99. The van der Waals surface area contributed by atoms with Crippen molar-refractivity contribution in [2.24, 2.45) is 23.7 Å². The molecule has 0 aromatic carbocycles. The van der Waals surface area contributed by atoms with Gasteiger partial charge in [0.25, 0.3) is 0 Å². The van der Waals surface area contributed by atoms with E-state index in [1.807, 2.05) is 0 Å². The Kier molecular flexibility index (Phi) is 0.883. The highest BCUT2D eigenvalue weighted by Gasteiger charge is 2.52. The predicted octanol–water partition coefficient (Wildman–Crippen LogP) is 1.41. The molecule has 4 bridgehead atoms. The van der Waals surface area contributed by atoms with E-state index in [-0.39, 0.29) is 6.10 Å². The Hall–Kier alpha value is -0.0400. The lowest BCUT2D eigenvalue weighted by atomic mass is 9.81. The zero-order valence-corrected chi connectivity index (χ0v) is 6.16. The van der Waals surface area contributed by atoms with Crippen molar-refractivity contribution >= 4 is 0 Å². The van der Waals surface area contributed by atoms with Gasteiger partial charge in [-0.15, -0.1) is 0 Å². The topological polar surface area (TPSA) is 20.2 Å². The molecule has 4 aliphatic carbocycles. The van der Waals surface area contributed by atoms with Crippen molar-refractivity contribution in [2.75, 3.05) is 0 Å². The smallest absolute Gasteiger partial charge is 0.0599 e. The van der Waals surface area contributed by atoms with E-state index in [2.05, 4.69) is 0 Å². The van der Waals surface area contributed by atoms with Crippen LogP contribution in [-0.2, 0) is 0 Å². The molecule has 4 fully saturated rings. The van der Waals surface area contributed by atoms with Gasteiger partial charge >= 0.3 is 0 Å². The SMILES string of the molecule is OC1C2CC3CC(C2)C1C3. The van der Waals surface area contributed by atoms with E-state index < -0.39 is 0 Å². The van der Waals surface area contributed by atoms with Crippen molar-refractivity contribution in [2.45, 2.75) is 31.8 Å². The highest BCUT2D eigenvalue weighted by Crippen LogP contribution is 2.57.